The SMILES string of the molecule is CC1=CC(=O)CCC1OC(=O)c1ccccc1. The molecule has 1 aromatic rings. The van der Waals surface area contributed by atoms with Crippen LogP contribution in [0.5, 0.6) is 0 Å². The second-order valence-electron chi connectivity index (χ2n) is 4.15. The molecule has 0 heterocycles. The zero-order chi connectivity index (χ0) is 12.3. The first-order valence-corrected chi connectivity index (χ1v) is 5.64. The van der Waals surface area contributed by atoms with Gasteiger partial charge in [0.05, 0.1) is 5.56 Å². The number of allylic oxidation sites excluding steroid dienone is 1. The highest BCUT2D eigenvalue weighted by molar-refractivity contribution is 5.92. The number of hydrogen-bond acceptors (Lipinski definition) is 3. The molecule has 3 nitrogen and oxygen atoms in total. The van der Waals surface area contributed by atoms with Gasteiger partial charge in [0.1, 0.15) is 6.10 Å². The summed E-state index contributed by atoms with van der Waals surface area (Å²) in [5.41, 5.74) is 1.36. The monoisotopic (exact) mass is 230 g/mol. The van der Waals surface area contributed by atoms with Gasteiger partial charge in [-0.05, 0) is 37.1 Å². The van der Waals surface area contributed by atoms with Crippen LogP contribution in [0.4, 0.5) is 0 Å². The molecule has 0 aliphatic heterocycles. The second kappa shape index (κ2) is 4.95. The molecule has 0 fully saturated rings. The molecule has 0 aromatic heterocycles. The maximum absolute atomic E-state index is 11.8. The van der Waals surface area contributed by atoms with Gasteiger partial charge < -0.3 is 4.74 Å². The van der Waals surface area contributed by atoms with E-state index >= 15 is 0 Å². The van der Waals surface area contributed by atoms with Crippen LogP contribution in [0.2, 0.25) is 0 Å². The molecule has 17 heavy (non-hydrogen) atoms. The lowest BCUT2D eigenvalue weighted by molar-refractivity contribution is -0.115. The average Bonchev–Trinajstić information content (AvgIpc) is 2.34. The van der Waals surface area contributed by atoms with Gasteiger partial charge in [0, 0.05) is 6.42 Å². The number of benzene rings is 1. The number of ketones is 1. The second-order valence-corrected chi connectivity index (χ2v) is 4.15. The van der Waals surface area contributed by atoms with Crippen LogP contribution in [0.1, 0.15) is 30.1 Å². The summed E-state index contributed by atoms with van der Waals surface area (Å²) in [5, 5.41) is 0. The van der Waals surface area contributed by atoms with Crippen molar-refractivity contribution in [1.29, 1.82) is 0 Å². The van der Waals surface area contributed by atoms with E-state index < -0.39 is 0 Å². The maximum Gasteiger partial charge on any atom is 0.338 e. The van der Waals surface area contributed by atoms with Crippen molar-refractivity contribution >= 4 is 11.8 Å². The van der Waals surface area contributed by atoms with E-state index in [2.05, 4.69) is 0 Å². The van der Waals surface area contributed by atoms with Crippen molar-refractivity contribution in [2.75, 3.05) is 0 Å². The quantitative estimate of drug-likeness (QED) is 0.733. The highest BCUT2D eigenvalue weighted by atomic mass is 16.5. The van der Waals surface area contributed by atoms with Crippen LogP contribution in [0, 0.1) is 0 Å². The van der Waals surface area contributed by atoms with E-state index in [1.54, 1.807) is 30.3 Å². The van der Waals surface area contributed by atoms with E-state index in [0.717, 1.165) is 5.57 Å². The van der Waals surface area contributed by atoms with Crippen molar-refractivity contribution in [2.45, 2.75) is 25.9 Å². The molecule has 1 aliphatic rings. The summed E-state index contributed by atoms with van der Waals surface area (Å²) in [4.78, 5) is 23.0. The number of hydrogen-bond donors (Lipinski definition) is 0. The van der Waals surface area contributed by atoms with Crippen LogP contribution < -0.4 is 0 Å². The Labute approximate surface area is 100 Å². The predicted octanol–water partition coefficient (Wildman–Crippen LogP) is 2.52. The lowest BCUT2D eigenvalue weighted by Crippen LogP contribution is -2.24. The summed E-state index contributed by atoms with van der Waals surface area (Å²) in [7, 11) is 0. The Hall–Kier alpha value is -1.90. The van der Waals surface area contributed by atoms with Crippen molar-refractivity contribution in [3.8, 4) is 0 Å². The Bertz CT molecular complexity index is 460. The van der Waals surface area contributed by atoms with Crippen LogP contribution >= 0.6 is 0 Å². The Kier molecular flexibility index (Phi) is 3.38. The molecule has 3 heteroatoms. The molecule has 0 spiro atoms. The molecule has 1 atom stereocenters. The fourth-order valence-electron chi connectivity index (χ4n) is 1.84. The van der Waals surface area contributed by atoms with Crippen LogP contribution in [-0.2, 0) is 9.53 Å². The molecule has 2 rings (SSSR count). The normalized spacial score (nSPS) is 19.7. The lowest BCUT2D eigenvalue weighted by Gasteiger charge is -2.21. The third-order valence-electron chi connectivity index (χ3n) is 2.81. The number of ether oxygens (including phenoxy) is 1. The minimum atomic E-state index is -0.335. The first kappa shape index (κ1) is 11.6. The van der Waals surface area contributed by atoms with E-state index in [1.165, 1.54) is 0 Å². The summed E-state index contributed by atoms with van der Waals surface area (Å²) in [6.45, 7) is 1.82. The molecule has 0 saturated heterocycles. The molecule has 0 N–H and O–H groups in total. The predicted molar refractivity (Wildman–Crippen MR) is 63.6 cm³/mol. The maximum atomic E-state index is 11.8. The summed E-state index contributed by atoms with van der Waals surface area (Å²) in [6, 6.07) is 8.87. The van der Waals surface area contributed by atoms with Crippen LogP contribution in [0.15, 0.2) is 42.0 Å². The first-order valence-electron chi connectivity index (χ1n) is 5.64. The molecule has 0 amide bonds. The third-order valence-corrected chi connectivity index (χ3v) is 2.81. The van der Waals surface area contributed by atoms with Crippen molar-refractivity contribution < 1.29 is 14.3 Å². The minimum Gasteiger partial charge on any atom is -0.454 e. The molecular formula is C14H14O3. The molecule has 1 aliphatic carbocycles. The largest absolute Gasteiger partial charge is 0.454 e. The fraction of sp³-hybridized carbons (Fsp3) is 0.286. The van der Waals surface area contributed by atoms with Gasteiger partial charge in [-0.3, -0.25) is 4.79 Å². The number of esters is 1. The van der Waals surface area contributed by atoms with Crippen molar-refractivity contribution in [1.82, 2.24) is 0 Å². The van der Waals surface area contributed by atoms with Gasteiger partial charge in [-0.25, -0.2) is 4.79 Å². The smallest absolute Gasteiger partial charge is 0.338 e. The third kappa shape index (κ3) is 2.81. The zero-order valence-corrected chi connectivity index (χ0v) is 9.68. The van der Waals surface area contributed by atoms with Gasteiger partial charge >= 0.3 is 5.97 Å². The Morgan fingerprint density at radius 2 is 2.00 bits per heavy atom. The standard InChI is InChI=1S/C14H14O3/c1-10-9-12(15)7-8-13(10)17-14(16)11-5-3-2-4-6-11/h2-6,9,13H,7-8H2,1H3. The number of carbonyl (C=O) groups excluding carboxylic acids is 2. The van der Waals surface area contributed by atoms with Crippen molar-refractivity contribution in [3.63, 3.8) is 0 Å². The number of carbonyl (C=O) groups is 2. The molecular weight excluding hydrogens is 216 g/mol. The van der Waals surface area contributed by atoms with Gasteiger partial charge in [-0.15, -0.1) is 0 Å². The van der Waals surface area contributed by atoms with Crippen molar-refractivity contribution in [3.05, 3.63) is 47.5 Å². The van der Waals surface area contributed by atoms with Gasteiger partial charge in [-0.1, -0.05) is 18.2 Å². The minimum absolute atomic E-state index is 0.106. The highest BCUT2D eigenvalue weighted by Crippen LogP contribution is 2.20. The van der Waals surface area contributed by atoms with Crippen LogP contribution in [0.3, 0.4) is 0 Å². The Balaban J connectivity index is 2.05. The molecule has 1 unspecified atom stereocenters. The van der Waals surface area contributed by atoms with E-state index in [0.29, 0.717) is 18.4 Å². The molecule has 88 valence electrons. The van der Waals surface area contributed by atoms with Crippen LogP contribution in [0.25, 0.3) is 0 Å². The van der Waals surface area contributed by atoms with E-state index in [9.17, 15) is 9.59 Å². The first-order chi connectivity index (χ1) is 8.16. The highest BCUT2D eigenvalue weighted by Gasteiger charge is 2.22. The van der Waals surface area contributed by atoms with Crippen LogP contribution in [-0.4, -0.2) is 17.9 Å². The number of rotatable bonds is 2. The summed E-state index contributed by atoms with van der Waals surface area (Å²) in [5.74, 6) is -0.229. The fourth-order valence-corrected chi connectivity index (χ4v) is 1.84. The summed E-state index contributed by atoms with van der Waals surface area (Å²) in [6.07, 6.45) is 2.33. The van der Waals surface area contributed by atoms with Gasteiger partial charge in [-0.2, -0.15) is 0 Å². The van der Waals surface area contributed by atoms with Gasteiger partial charge in [0.2, 0.25) is 0 Å². The van der Waals surface area contributed by atoms with E-state index in [-0.39, 0.29) is 17.9 Å². The Morgan fingerprint density at radius 3 is 2.65 bits per heavy atom. The summed E-state index contributed by atoms with van der Waals surface area (Å²) >= 11 is 0. The Morgan fingerprint density at radius 1 is 1.29 bits per heavy atom. The van der Waals surface area contributed by atoms with Gasteiger partial charge in [0.25, 0.3) is 0 Å². The summed E-state index contributed by atoms with van der Waals surface area (Å²) < 4.78 is 5.38. The van der Waals surface area contributed by atoms with Gasteiger partial charge in [0.15, 0.2) is 5.78 Å². The average molecular weight is 230 g/mol. The topological polar surface area (TPSA) is 43.4 Å². The van der Waals surface area contributed by atoms with E-state index in [4.69, 9.17) is 4.74 Å². The molecule has 0 saturated carbocycles. The van der Waals surface area contributed by atoms with E-state index in [1.807, 2.05) is 13.0 Å². The zero-order valence-electron chi connectivity index (χ0n) is 9.68. The molecule has 1 aromatic carbocycles. The van der Waals surface area contributed by atoms with Crippen molar-refractivity contribution in [2.24, 2.45) is 0 Å². The lowest BCUT2D eigenvalue weighted by atomic mass is 9.97. The molecule has 0 bridgehead atoms. The molecule has 0 radical (unpaired) electrons.